The minimum atomic E-state index is -1.09. The molecule has 3 N–H and O–H groups in total. The van der Waals surface area contributed by atoms with Gasteiger partial charge in [-0.1, -0.05) is 25.1 Å². The van der Waals surface area contributed by atoms with Gasteiger partial charge in [-0.25, -0.2) is 4.79 Å². The zero-order valence-electron chi connectivity index (χ0n) is 14.5. The lowest BCUT2D eigenvalue weighted by molar-refractivity contribution is 0.0697. The Labute approximate surface area is 157 Å². The third kappa shape index (κ3) is 5.29. The van der Waals surface area contributed by atoms with E-state index in [0.717, 1.165) is 6.42 Å². The van der Waals surface area contributed by atoms with E-state index in [-0.39, 0.29) is 16.8 Å². The lowest BCUT2D eigenvalue weighted by atomic mass is 10.2. The zero-order chi connectivity index (χ0) is 19.1. The summed E-state index contributed by atoms with van der Waals surface area (Å²) in [6.07, 6.45) is 0.900. The number of para-hydroxylation sites is 1. The van der Waals surface area contributed by atoms with Crippen LogP contribution < -0.4 is 15.4 Å². The maximum atomic E-state index is 12.4. The van der Waals surface area contributed by atoms with Gasteiger partial charge >= 0.3 is 5.97 Å². The van der Waals surface area contributed by atoms with Crippen LogP contribution in [0.15, 0.2) is 48.5 Å². The van der Waals surface area contributed by atoms with E-state index in [9.17, 15) is 14.7 Å². The first-order valence-corrected chi connectivity index (χ1v) is 8.53. The number of anilines is 1. The van der Waals surface area contributed by atoms with Gasteiger partial charge < -0.3 is 15.2 Å². The molecule has 0 heterocycles. The highest BCUT2D eigenvalue weighted by molar-refractivity contribution is 7.80. The van der Waals surface area contributed by atoms with Gasteiger partial charge in [-0.2, -0.15) is 0 Å². The van der Waals surface area contributed by atoms with E-state index >= 15 is 0 Å². The molecule has 1 atom stereocenters. The number of benzene rings is 2. The average molecular weight is 372 g/mol. The molecule has 0 spiro atoms. The van der Waals surface area contributed by atoms with Gasteiger partial charge in [0.1, 0.15) is 5.75 Å². The molecule has 0 saturated heterocycles. The van der Waals surface area contributed by atoms with Crippen LogP contribution in [0.25, 0.3) is 0 Å². The molecule has 7 heteroatoms. The molecule has 0 aliphatic heterocycles. The number of hydrogen-bond donors (Lipinski definition) is 3. The van der Waals surface area contributed by atoms with Crippen LogP contribution in [-0.2, 0) is 0 Å². The Hall–Kier alpha value is -2.93. The molecular formula is C19H20N2O4S. The van der Waals surface area contributed by atoms with Gasteiger partial charge in [0, 0.05) is 5.56 Å². The van der Waals surface area contributed by atoms with Crippen molar-refractivity contribution in [3.63, 3.8) is 0 Å². The first kappa shape index (κ1) is 19.4. The average Bonchev–Trinajstić information content (AvgIpc) is 2.62. The fourth-order valence-electron chi connectivity index (χ4n) is 2.13. The lowest BCUT2D eigenvalue weighted by Crippen LogP contribution is -2.34. The van der Waals surface area contributed by atoms with Crippen LogP contribution >= 0.6 is 12.2 Å². The summed E-state index contributed by atoms with van der Waals surface area (Å²) in [6.45, 7) is 3.96. The number of nitrogens with one attached hydrogen (secondary N) is 2. The number of amides is 1. The summed E-state index contributed by atoms with van der Waals surface area (Å²) in [5.74, 6) is -0.899. The number of carboxylic acids is 1. The molecule has 0 radical (unpaired) electrons. The van der Waals surface area contributed by atoms with Gasteiger partial charge in [-0.05, 0) is 55.9 Å². The van der Waals surface area contributed by atoms with E-state index in [1.807, 2.05) is 13.8 Å². The first-order valence-electron chi connectivity index (χ1n) is 8.12. The molecule has 0 saturated carbocycles. The minimum absolute atomic E-state index is 0.0111. The van der Waals surface area contributed by atoms with Crippen molar-refractivity contribution in [2.45, 2.75) is 26.4 Å². The molecule has 2 rings (SSSR count). The van der Waals surface area contributed by atoms with Crippen molar-refractivity contribution in [2.75, 3.05) is 5.32 Å². The number of ether oxygens (including phenoxy) is 1. The number of thiocarbonyl (C=S) groups is 1. The van der Waals surface area contributed by atoms with Crippen molar-refractivity contribution in [1.82, 2.24) is 5.32 Å². The Kier molecular flexibility index (Phi) is 6.68. The Balaban J connectivity index is 2.05. The zero-order valence-corrected chi connectivity index (χ0v) is 15.3. The molecule has 0 fully saturated rings. The number of carbonyl (C=O) groups is 2. The maximum Gasteiger partial charge on any atom is 0.337 e. The predicted octanol–water partition coefficient (Wildman–Crippen LogP) is 3.69. The van der Waals surface area contributed by atoms with Crippen molar-refractivity contribution in [1.29, 1.82) is 0 Å². The smallest absolute Gasteiger partial charge is 0.337 e. The SMILES string of the molecule is CC[C@@H](C)Oc1cccc(C(=O)NC(=S)Nc2ccccc2C(=O)O)c1. The van der Waals surface area contributed by atoms with Crippen LogP contribution in [0.5, 0.6) is 5.75 Å². The van der Waals surface area contributed by atoms with Crippen LogP contribution in [0.4, 0.5) is 5.69 Å². The largest absolute Gasteiger partial charge is 0.491 e. The number of hydrogen-bond acceptors (Lipinski definition) is 4. The highest BCUT2D eigenvalue weighted by Gasteiger charge is 2.13. The third-order valence-electron chi connectivity index (χ3n) is 3.64. The second-order valence-corrected chi connectivity index (χ2v) is 6.03. The van der Waals surface area contributed by atoms with E-state index in [1.165, 1.54) is 6.07 Å². The predicted molar refractivity (Wildman–Crippen MR) is 104 cm³/mol. The highest BCUT2D eigenvalue weighted by atomic mass is 32.1. The highest BCUT2D eigenvalue weighted by Crippen LogP contribution is 2.17. The van der Waals surface area contributed by atoms with Crippen LogP contribution in [0.3, 0.4) is 0 Å². The molecule has 0 aliphatic rings. The van der Waals surface area contributed by atoms with Gasteiger partial charge in [0.25, 0.3) is 5.91 Å². The van der Waals surface area contributed by atoms with Gasteiger partial charge in [-0.3, -0.25) is 10.1 Å². The van der Waals surface area contributed by atoms with E-state index < -0.39 is 11.9 Å². The van der Waals surface area contributed by atoms with Crippen LogP contribution in [-0.4, -0.2) is 28.2 Å². The summed E-state index contributed by atoms with van der Waals surface area (Å²) in [6, 6.07) is 13.1. The molecule has 2 aromatic carbocycles. The van der Waals surface area contributed by atoms with Crippen molar-refractivity contribution in [2.24, 2.45) is 0 Å². The number of carboxylic acid groups (broad SMARTS) is 1. The minimum Gasteiger partial charge on any atom is -0.491 e. The molecular weight excluding hydrogens is 352 g/mol. The summed E-state index contributed by atoms with van der Waals surface area (Å²) >= 11 is 5.11. The molecule has 1 amide bonds. The van der Waals surface area contributed by atoms with Gasteiger partial charge in [-0.15, -0.1) is 0 Å². The first-order chi connectivity index (χ1) is 12.4. The fourth-order valence-corrected chi connectivity index (χ4v) is 2.34. The number of rotatable bonds is 6. The molecule has 26 heavy (non-hydrogen) atoms. The Bertz CT molecular complexity index is 823. The molecule has 0 aromatic heterocycles. The monoisotopic (exact) mass is 372 g/mol. The molecule has 0 bridgehead atoms. The summed E-state index contributed by atoms with van der Waals surface area (Å²) in [5, 5.41) is 14.5. The quantitative estimate of drug-likeness (QED) is 0.671. The number of aromatic carboxylic acids is 1. The molecule has 136 valence electrons. The van der Waals surface area contributed by atoms with Crippen LogP contribution in [0.2, 0.25) is 0 Å². The van der Waals surface area contributed by atoms with Crippen molar-refractivity contribution >= 4 is 34.9 Å². The summed E-state index contributed by atoms with van der Waals surface area (Å²) in [7, 11) is 0. The van der Waals surface area contributed by atoms with Crippen molar-refractivity contribution in [3.05, 3.63) is 59.7 Å². The summed E-state index contributed by atoms with van der Waals surface area (Å²) in [5.41, 5.74) is 0.758. The lowest BCUT2D eigenvalue weighted by Gasteiger charge is -2.14. The van der Waals surface area contributed by atoms with E-state index in [4.69, 9.17) is 17.0 Å². The topological polar surface area (TPSA) is 87.7 Å². The van der Waals surface area contributed by atoms with Crippen molar-refractivity contribution in [3.8, 4) is 5.75 Å². The van der Waals surface area contributed by atoms with Gasteiger partial charge in [0.2, 0.25) is 0 Å². The van der Waals surface area contributed by atoms with E-state index in [0.29, 0.717) is 17.0 Å². The number of carbonyl (C=O) groups excluding carboxylic acids is 1. The Morgan fingerprint density at radius 2 is 1.92 bits per heavy atom. The molecule has 2 aromatic rings. The second-order valence-electron chi connectivity index (χ2n) is 5.62. The normalized spacial score (nSPS) is 11.3. The molecule has 0 aliphatic carbocycles. The van der Waals surface area contributed by atoms with E-state index in [1.54, 1.807) is 42.5 Å². The van der Waals surface area contributed by atoms with Crippen LogP contribution in [0.1, 0.15) is 41.0 Å². The van der Waals surface area contributed by atoms with Gasteiger partial charge in [0.15, 0.2) is 5.11 Å². The van der Waals surface area contributed by atoms with E-state index in [2.05, 4.69) is 10.6 Å². The summed E-state index contributed by atoms with van der Waals surface area (Å²) < 4.78 is 5.70. The Morgan fingerprint density at radius 1 is 1.19 bits per heavy atom. The van der Waals surface area contributed by atoms with Crippen molar-refractivity contribution < 1.29 is 19.4 Å². The third-order valence-corrected chi connectivity index (χ3v) is 3.85. The molecule has 0 unspecified atom stereocenters. The molecule has 6 nitrogen and oxygen atoms in total. The fraction of sp³-hybridized carbons (Fsp3) is 0.211. The standard InChI is InChI=1S/C19H20N2O4S/c1-3-12(2)25-14-8-6-7-13(11-14)17(22)21-19(26)20-16-10-5-4-9-15(16)18(23)24/h4-12H,3H2,1-2H3,(H,23,24)(H2,20,21,22,26)/t12-/m1/s1. The second kappa shape index (κ2) is 8.96. The maximum absolute atomic E-state index is 12.4. The Morgan fingerprint density at radius 3 is 2.62 bits per heavy atom. The van der Waals surface area contributed by atoms with Gasteiger partial charge in [0.05, 0.1) is 17.4 Å². The summed E-state index contributed by atoms with van der Waals surface area (Å²) in [4.78, 5) is 23.6. The van der Waals surface area contributed by atoms with Crippen LogP contribution in [0, 0.1) is 0 Å².